The largest absolute Gasteiger partial charge is 0.477 e. The molecule has 2 aromatic rings. The molecule has 3 atom stereocenters. The number of amides is 2. The predicted molar refractivity (Wildman–Crippen MR) is 124 cm³/mol. The van der Waals surface area contributed by atoms with Gasteiger partial charge in [-0.2, -0.15) is 0 Å². The van der Waals surface area contributed by atoms with E-state index < -0.39 is 34.6 Å². The molecule has 0 aliphatic carbocycles. The lowest BCUT2D eigenvalue weighted by Gasteiger charge is -2.50. The van der Waals surface area contributed by atoms with Crippen LogP contribution in [-0.2, 0) is 27.3 Å². The monoisotopic (exact) mass is 519 g/mol. The van der Waals surface area contributed by atoms with Gasteiger partial charge in [0, 0.05) is 17.5 Å². The molecule has 0 radical (unpaired) electrons. The molecule has 4 rings (SSSR count). The number of β-lactam (4-membered cyclic amide) rings is 1. The van der Waals surface area contributed by atoms with Crippen LogP contribution in [0.5, 0.6) is 0 Å². The predicted octanol–water partition coefficient (Wildman–Crippen LogP) is 0.120. The maximum absolute atomic E-state index is 12.9. The Bertz CT molecular complexity index is 1230. The summed E-state index contributed by atoms with van der Waals surface area (Å²) in [4.78, 5) is 50.1. The van der Waals surface area contributed by atoms with E-state index in [4.69, 9.17) is 10.8 Å². The topological polar surface area (TPSA) is 194 Å². The number of aromatic nitrogens is 4. The number of carbonyl (C=O) groups is 4. The van der Waals surface area contributed by atoms with Gasteiger partial charge in [-0.1, -0.05) is 36.0 Å². The number of carboxylic acids is 1. The third-order valence-electron chi connectivity index (χ3n) is 5.60. The molecule has 0 spiro atoms. The number of tetrazole rings is 1. The van der Waals surface area contributed by atoms with Gasteiger partial charge in [-0.15, -0.1) is 21.5 Å². The van der Waals surface area contributed by atoms with Gasteiger partial charge in [0.2, 0.25) is 11.1 Å². The lowest BCUT2D eigenvalue weighted by atomic mass is 10.0. The lowest BCUT2D eigenvalue weighted by Crippen LogP contribution is -2.70. The van der Waals surface area contributed by atoms with Crippen molar-refractivity contribution in [2.75, 3.05) is 5.75 Å². The second-order valence-corrected chi connectivity index (χ2v) is 10.1. The summed E-state index contributed by atoms with van der Waals surface area (Å²) in [5.74, 6) is -1.90. The van der Waals surface area contributed by atoms with Gasteiger partial charge in [-0.05, 0) is 34.1 Å². The number of carboxylic acid groups (broad SMARTS) is 2. The van der Waals surface area contributed by atoms with Crippen molar-refractivity contribution in [3.05, 3.63) is 46.7 Å². The van der Waals surface area contributed by atoms with Gasteiger partial charge in [0.1, 0.15) is 17.1 Å². The third-order valence-corrected chi connectivity index (χ3v) is 8.01. The van der Waals surface area contributed by atoms with Gasteiger partial charge < -0.3 is 21.3 Å². The first-order valence-electron chi connectivity index (χ1n) is 10.4. The first-order valence-corrected chi connectivity index (χ1v) is 12.3. The van der Waals surface area contributed by atoms with E-state index in [-0.39, 0.29) is 35.5 Å². The molecule has 2 aliphatic heterocycles. The Labute approximate surface area is 207 Å². The highest BCUT2D eigenvalue weighted by atomic mass is 32.2. The van der Waals surface area contributed by atoms with Crippen molar-refractivity contribution in [3.8, 4) is 0 Å². The molecule has 35 heavy (non-hydrogen) atoms. The Morgan fingerprint density at radius 3 is 2.66 bits per heavy atom. The fourth-order valence-corrected chi connectivity index (χ4v) is 6.41. The van der Waals surface area contributed by atoms with Gasteiger partial charge in [0.15, 0.2) is 0 Å². The zero-order valence-electron chi connectivity index (χ0n) is 18.3. The normalized spacial score (nSPS) is 20.2. The number of benzene rings is 1. The lowest BCUT2D eigenvalue weighted by molar-refractivity contribution is -0.150. The number of nitrogens with zero attached hydrogens (tertiary/aromatic N) is 5. The molecular formula is C20H21N7O6S2. The molecule has 3 heterocycles. The highest BCUT2D eigenvalue weighted by Gasteiger charge is 2.54. The van der Waals surface area contributed by atoms with Crippen molar-refractivity contribution in [1.82, 2.24) is 30.4 Å². The van der Waals surface area contributed by atoms with E-state index in [0.717, 1.165) is 22.9 Å². The average molecular weight is 520 g/mol. The van der Waals surface area contributed by atoms with Crippen LogP contribution in [0, 0.1) is 0 Å². The van der Waals surface area contributed by atoms with E-state index in [1.165, 1.54) is 16.7 Å². The van der Waals surface area contributed by atoms with Crippen LogP contribution in [0.3, 0.4) is 0 Å². The Balaban J connectivity index is 1.49. The minimum absolute atomic E-state index is 0.0211. The van der Waals surface area contributed by atoms with Crippen LogP contribution in [0.15, 0.2) is 40.7 Å². The molecule has 2 amide bonds. The van der Waals surface area contributed by atoms with Crippen molar-refractivity contribution in [3.63, 3.8) is 0 Å². The first-order chi connectivity index (χ1) is 16.7. The number of nitrogens with two attached hydrogens (primary N) is 1. The summed E-state index contributed by atoms with van der Waals surface area (Å²) >= 11 is 2.29. The van der Waals surface area contributed by atoms with Crippen molar-refractivity contribution < 1.29 is 29.4 Å². The van der Waals surface area contributed by atoms with E-state index in [1.54, 1.807) is 19.1 Å². The molecule has 1 aromatic heterocycles. The minimum Gasteiger partial charge on any atom is -0.477 e. The van der Waals surface area contributed by atoms with E-state index in [9.17, 15) is 24.3 Å². The van der Waals surface area contributed by atoms with Gasteiger partial charge in [0.25, 0.3) is 5.91 Å². The molecule has 15 heteroatoms. The van der Waals surface area contributed by atoms with Crippen LogP contribution in [0.1, 0.15) is 18.1 Å². The van der Waals surface area contributed by atoms with Crippen molar-refractivity contribution in [1.29, 1.82) is 0 Å². The standard InChI is InChI=1S/C20H21N7O6S2/c1-9(35-19-23-24-25-27(19)20(32)33)12-8-34-17-14(16(29)26(17)15(12)18(30)31)22-13(28)6-10-4-2-3-5-11(10)7-21/h2-5,9,14,17H,6-8,21H2,1H3,(H,22,28)(H,30,31)(H,32,33)/t9?,14?,17-/m1/s1. The number of hydrogen-bond acceptors (Lipinski definition) is 10. The van der Waals surface area contributed by atoms with Gasteiger partial charge >= 0.3 is 12.1 Å². The molecule has 1 saturated heterocycles. The second-order valence-electron chi connectivity index (χ2n) is 7.70. The maximum atomic E-state index is 12.9. The molecule has 2 unspecified atom stereocenters. The number of fused-ring (bicyclic) bond motifs is 1. The van der Waals surface area contributed by atoms with Crippen LogP contribution in [0.4, 0.5) is 4.79 Å². The SMILES string of the molecule is CC(Sc1nnnn1C(=O)O)C1=C(C(=O)O)N2C(=O)C(NC(=O)Cc3ccccc3CN)[C@H]2SC1. The Morgan fingerprint density at radius 2 is 2.00 bits per heavy atom. The molecule has 5 N–H and O–H groups in total. The fraction of sp³-hybridized carbons (Fsp3) is 0.350. The highest BCUT2D eigenvalue weighted by Crippen LogP contribution is 2.43. The number of thioether (sulfide) groups is 2. The molecule has 1 aromatic carbocycles. The number of carbonyl (C=O) groups excluding carboxylic acids is 2. The highest BCUT2D eigenvalue weighted by molar-refractivity contribution is 8.01. The van der Waals surface area contributed by atoms with Gasteiger partial charge in [0.05, 0.1) is 6.42 Å². The summed E-state index contributed by atoms with van der Waals surface area (Å²) in [6.07, 6.45) is -1.33. The zero-order valence-corrected chi connectivity index (χ0v) is 20.0. The minimum atomic E-state index is -1.37. The summed E-state index contributed by atoms with van der Waals surface area (Å²) in [6.45, 7) is 1.96. The molecule has 0 bridgehead atoms. The van der Waals surface area contributed by atoms with Crippen LogP contribution >= 0.6 is 23.5 Å². The van der Waals surface area contributed by atoms with Crippen LogP contribution in [0.25, 0.3) is 0 Å². The van der Waals surface area contributed by atoms with E-state index in [1.807, 2.05) is 12.1 Å². The maximum Gasteiger partial charge on any atom is 0.436 e. The van der Waals surface area contributed by atoms with E-state index >= 15 is 0 Å². The molecule has 2 aliphatic rings. The Morgan fingerprint density at radius 1 is 1.29 bits per heavy atom. The molecule has 13 nitrogen and oxygen atoms in total. The number of nitrogens with one attached hydrogen (secondary N) is 1. The van der Waals surface area contributed by atoms with E-state index in [2.05, 4.69) is 20.8 Å². The van der Waals surface area contributed by atoms with Crippen molar-refractivity contribution in [2.24, 2.45) is 5.73 Å². The zero-order chi connectivity index (χ0) is 25.3. The Hall–Kier alpha value is -3.43. The van der Waals surface area contributed by atoms with Crippen molar-refractivity contribution >= 4 is 47.4 Å². The number of rotatable bonds is 8. The molecule has 1 fully saturated rings. The van der Waals surface area contributed by atoms with Crippen LogP contribution in [-0.4, -0.2) is 81.6 Å². The number of aliphatic carboxylic acids is 1. The summed E-state index contributed by atoms with van der Waals surface area (Å²) < 4.78 is 0.587. The van der Waals surface area contributed by atoms with E-state index in [0.29, 0.717) is 10.3 Å². The summed E-state index contributed by atoms with van der Waals surface area (Å²) in [5.41, 5.74) is 7.57. The molecule has 0 saturated carbocycles. The molecular weight excluding hydrogens is 498 g/mol. The third kappa shape index (κ3) is 4.74. The van der Waals surface area contributed by atoms with Gasteiger partial charge in [-0.3, -0.25) is 14.5 Å². The average Bonchev–Trinajstić information content (AvgIpc) is 3.30. The Kier molecular flexibility index (Phi) is 7.09. The summed E-state index contributed by atoms with van der Waals surface area (Å²) in [5, 5.41) is 31.0. The first kappa shape index (κ1) is 24.7. The van der Waals surface area contributed by atoms with Gasteiger partial charge in [-0.25, -0.2) is 9.59 Å². The quantitative estimate of drug-likeness (QED) is 0.209. The smallest absolute Gasteiger partial charge is 0.436 e. The fourth-order valence-electron chi connectivity index (χ4n) is 3.88. The van der Waals surface area contributed by atoms with Crippen LogP contribution < -0.4 is 11.1 Å². The molecule has 184 valence electrons. The van der Waals surface area contributed by atoms with Crippen LogP contribution in [0.2, 0.25) is 0 Å². The summed E-state index contributed by atoms with van der Waals surface area (Å²) in [7, 11) is 0. The number of hydrogen-bond donors (Lipinski definition) is 4. The van der Waals surface area contributed by atoms with Crippen molar-refractivity contribution in [2.45, 2.75) is 41.7 Å². The summed E-state index contributed by atoms with van der Waals surface area (Å²) in [6, 6.07) is 6.40. The second kappa shape index (κ2) is 10.1.